The lowest BCUT2D eigenvalue weighted by Gasteiger charge is -2.28. The van der Waals surface area contributed by atoms with Gasteiger partial charge in [-0.1, -0.05) is 5.16 Å². The highest BCUT2D eigenvalue weighted by molar-refractivity contribution is 5.27. The standard InChI is InChI=1S/C16H22F2N4O2/c1-10-13(11(2)21(3)19-10)8-14-20-24-15(23)22(14)9-12-4-6-16(17,18)7-5-12/h12H,4-9H2,1-3H3. The highest BCUT2D eigenvalue weighted by Gasteiger charge is 2.35. The molecule has 0 atom stereocenters. The van der Waals surface area contributed by atoms with Gasteiger partial charge in [-0.2, -0.15) is 5.10 Å². The molecule has 0 unspecified atom stereocenters. The topological polar surface area (TPSA) is 65.8 Å². The molecule has 0 saturated heterocycles. The molecule has 0 spiro atoms. The van der Waals surface area contributed by atoms with Crippen molar-refractivity contribution in [3.63, 3.8) is 0 Å². The molecule has 1 fully saturated rings. The predicted molar refractivity (Wildman–Crippen MR) is 83.2 cm³/mol. The predicted octanol–water partition coefficient (Wildman–Crippen LogP) is 2.60. The lowest BCUT2D eigenvalue weighted by molar-refractivity contribution is -0.0475. The molecule has 1 aliphatic carbocycles. The zero-order valence-corrected chi connectivity index (χ0v) is 14.2. The molecule has 0 aromatic carbocycles. The number of hydrogen-bond acceptors (Lipinski definition) is 4. The maximum Gasteiger partial charge on any atom is 0.441 e. The van der Waals surface area contributed by atoms with Crippen LogP contribution in [0.25, 0.3) is 0 Å². The highest BCUT2D eigenvalue weighted by Crippen LogP contribution is 2.36. The molecule has 8 heteroatoms. The van der Waals surface area contributed by atoms with Crippen molar-refractivity contribution in [2.24, 2.45) is 13.0 Å². The van der Waals surface area contributed by atoms with Crippen LogP contribution in [0.1, 0.15) is 48.5 Å². The molecule has 0 bridgehead atoms. The minimum atomic E-state index is -2.57. The summed E-state index contributed by atoms with van der Waals surface area (Å²) in [5, 5.41) is 8.25. The molecule has 0 radical (unpaired) electrons. The fraction of sp³-hybridized carbons (Fsp3) is 0.688. The average Bonchev–Trinajstić information content (AvgIpc) is 2.97. The summed E-state index contributed by atoms with van der Waals surface area (Å²) in [5.41, 5.74) is 2.90. The summed E-state index contributed by atoms with van der Waals surface area (Å²) >= 11 is 0. The summed E-state index contributed by atoms with van der Waals surface area (Å²) in [6.07, 6.45) is 1.03. The van der Waals surface area contributed by atoms with Crippen LogP contribution in [0.15, 0.2) is 9.32 Å². The Morgan fingerprint density at radius 1 is 1.29 bits per heavy atom. The van der Waals surface area contributed by atoms with Crippen LogP contribution >= 0.6 is 0 Å². The molecule has 0 N–H and O–H groups in total. The molecule has 1 aliphatic rings. The molecule has 24 heavy (non-hydrogen) atoms. The normalized spacial score (nSPS) is 18.2. The lowest BCUT2D eigenvalue weighted by atomic mass is 9.86. The number of hydrogen-bond donors (Lipinski definition) is 0. The second-order valence-electron chi connectivity index (χ2n) is 6.72. The maximum absolute atomic E-state index is 13.3. The number of halogens is 2. The molecule has 0 aliphatic heterocycles. The van der Waals surface area contributed by atoms with Crippen molar-refractivity contribution in [3.8, 4) is 0 Å². The van der Waals surface area contributed by atoms with Crippen molar-refractivity contribution in [2.75, 3.05) is 0 Å². The van der Waals surface area contributed by atoms with Crippen molar-refractivity contribution in [3.05, 3.63) is 33.3 Å². The Bertz CT molecular complexity index is 781. The zero-order chi connectivity index (χ0) is 17.5. The van der Waals surface area contributed by atoms with E-state index >= 15 is 0 Å². The van der Waals surface area contributed by atoms with Crippen molar-refractivity contribution in [2.45, 2.75) is 58.4 Å². The summed E-state index contributed by atoms with van der Waals surface area (Å²) in [6.45, 7) is 4.25. The highest BCUT2D eigenvalue weighted by atomic mass is 19.3. The van der Waals surface area contributed by atoms with Gasteiger partial charge in [0.2, 0.25) is 5.92 Å². The first-order valence-corrected chi connectivity index (χ1v) is 8.19. The fourth-order valence-corrected chi connectivity index (χ4v) is 3.38. The van der Waals surface area contributed by atoms with Gasteiger partial charge in [-0.3, -0.25) is 13.8 Å². The SMILES string of the molecule is Cc1nn(C)c(C)c1Cc1noc(=O)n1CC1CCC(F)(F)CC1. The average molecular weight is 340 g/mol. The van der Waals surface area contributed by atoms with Gasteiger partial charge in [-0.05, 0) is 32.6 Å². The Labute approximate surface area is 138 Å². The number of alkyl halides is 2. The molecular weight excluding hydrogens is 318 g/mol. The van der Waals surface area contributed by atoms with Crippen LogP contribution in [0, 0.1) is 19.8 Å². The van der Waals surface area contributed by atoms with Crippen LogP contribution in [-0.2, 0) is 20.0 Å². The summed E-state index contributed by atoms with van der Waals surface area (Å²) in [6, 6.07) is 0. The molecule has 2 heterocycles. The first-order valence-electron chi connectivity index (χ1n) is 8.19. The zero-order valence-electron chi connectivity index (χ0n) is 14.2. The van der Waals surface area contributed by atoms with E-state index in [1.165, 1.54) is 4.57 Å². The minimum Gasteiger partial charge on any atom is -0.296 e. The van der Waals surface area contributed by atoms with Crippen molar-refractivity contribution < 1.29 is 13.3 Å². The van der Waals surface area contributed by atoms with Gasteiger partial charge in [-0.15, -0.1) is 0 Å². The minimum absolute atomic E-state index is 0.0524. The monoisotopic (exact) mass is 340 g/mol. The summed E-state index contributed by atoms with van der Waals surface area (Å²) < 4.78 is 34.7. The molecule has 6 nitrogen and oxygen atoms in total. The van der Waals surface area contributed by atoms with Crippen LogP contribution in [-0.4, -0.2) is 25.4 Å². The van der Waals surface area contributed by atoms with Gasteiger partial charge in [0.25, 0.3) is 0 Å². The van der Waals surface area contributed by atoms with E-state index in [0.717, 1.165) is 17.0 Å². The Hall–Kier alpha value is -1.99. The van der Waals surface area contributed by atoms with E-state index in [2.05, 4.69) is 10.3 Å². The van der Waals surface area contributed by atoms with Crippen LogP contribution < -0.4 is 5.76 Å². The third-order valence-corrected chi connectivity index (χ3v) is 5.03. The number of rotatable bonds is 4. The molecule has 132 valence electrons. The number of nitrogens with zero attached hydrogens (tertiary/aromatic N) is 4. The van der Waals surface area contributed by atoms with Crippen molar-refractivity contribution in [1.82, 2.24) is 19.5 Å². The molecule has 0 amide bonds. The van der Waals surface area contributed by atoms with Gasteiger partial charge in [0, 0.05) is 44.1 Å². The van der Waals surface area contributed by atoms with Crippen LogP contribution in [0.2, 0.25) is 0 Å². The van der Waals surface area contributed by atoms with Gasteiger partial charge in [0.15, 0.2) is 5.82 Å². The summed E-state index contributed by atoms with van der Waals surface area (Å²) in [4.78, 5) is 12.0. The van der Waals surface area contributed by atoms with Crippen LogP contribution in [0.5, 0.6) is 0 Å². The third-order valence-electron chi connectivity index (χ3n) is 5.03. The van der Waals surface area contributed by atoms with Gasteiger partial charge in [-0.25, -0.2) is 13.6 Å². The van der Waals surface area contributed by atoms with E-state index in [-0.39, 0.29) is 18.8 Å². The van der Waals surface area contributed by atoms with Gasteiger partial charge in [0.1, 0.15) is 0 Å². The van der Waals surface area contributed by atoms with E-state index < -0.39 is 11.7 Å². The first-order chi connectivity index (χ1) is 11.3. The Balaban J connectivity index is 1.78. The molecular formula is C16H22F2N4O2. The van der Waals surface area contributed by atoms with Crippen molar-refractivity contribution >= 4 is 0 Å². The molecule has 1 saturated carbocycles. The number of aromatic nitrogens is 4. The molecule has 2 aromatic heterocycles. The van der Waals surface area contributed by atoms with Gasteiger partial charge < -0.3 is 0 Å². The van der Waals surface area contributed by atoms with Gasteiger partial charge >= 0.3 is 5.76 Å². The van der Waals surface area contributed by atoms with E-state index in [1.54, 1.807) is 4.68 Å². The largest absolute Gasteiger partial charge is 0.441 e. The maximum atomic E-state index is 13.3. The Kier molecular flexibility index (Phi) is 4.31. The summed E-state index contributed by atoms with van der Waals surface area (Å²) in [5.74, 6) is -2.52. The van der Waals surface area contributed by atoms with E-state index in [0.29, 0.717) is 31.6 Å². The first kappa shape index (κ1) is 16.9. The third kappa shape index (κ3) is 3.27. The molecule has 3 rings (SSSR count). The second-order valence-corrected chi connectivity index (χ2v) is 6.72. The van der Waals surface area contributed by atoms with E-state index in [1.807, 2.05) is 20.9 Å². The smallest absolute Gasteiger partial charge is 0.296 e. The van der Waals surface area contributed by atoms with Gasteiger partial charge in [0.05, 0.1) is 5.69 Å². The van der Waals surface area contributed by atoms with Crippen molar-refractivity contribution in [1.29, 1.82) is 0 Å². The molecule has 2 aromatic rings. The number of aryl methyl sites for hydroxylation is 2. The van der Waals surface area contributed by atoms with Crippen LogP contribution in [0.3, 0.4) is 0 Å². The second kappa shape index (κ2) is 6.14. The Morgan fingerprint density at radius 3 is 2.54 bits per heavy atom. The summed E-state index contributed by atoms with van der Waals surface area (Å²) in [7, 11) is 1.86. The lowest BCUT2D eigenvalue weighted by Crippen LogP contribution is -2.29. The van der Waals surface area contributed by atoms with E-state index in [4.69, 9.17) is 4.52 Å². The van der Waals surface area contributed by atoms with E-state index in [9.17, 15) is 13.6 Å². The fourth-order valence-electron chi connectivity index (χ4n) is 3.38. The van der Waals surface area contributed by atoms with Crippen LogP contribution in [0.4, 0.5) is 8.78 Å². The quantitative estimate of drug-likeness (QED) is 0.858. The Morgan fingerprint density at radius 2 is 1.96 bits per heavy atom.